The zero-order valence-corrected chi connectivity index (χ0v) is 8.39. The lowest BCUT2D eigenvalue weighted by molar-refractivity contribution is -0.0152. The number of halogens is 1. The van der Waals surface area contributed by atoms with Gasteiger partial charge in [-0.25, -0.2) is 0 Å². The van der Waals surface area contributed by atoms with Gasteiger partial charge >= 0.3 is 0 Å². The summed E-state index contributed by atoms with van der Waals surface area (Å²) >= 11 is 5.69. The second-order valence-electron chi connectivity index (χ2n) is 3.49. The summed E-state index contributed by atoms with van der Waals surface area (Å²) in [5.74, 6) is 0.724. The second-order valence-corrected chi connectivity index (χ2v) is 3.87. The highest BCUT2D eigenvalue weighted by molar-refractivity contribution is 6.28. The molecule has 0 aliphatic carbocycles. The molecule has 0 aromatic carbocycles. The van der Waals surface area contributed by atoms with Gasteiger partial charge in [0.2, 0.25) is 0 Å². The fourth-order valence-electron chi connectivity index (χ4n) is 1.56. The van der Waals surface area contributed by atoms with Crippen LogP contribution in [0.2, 0.25) is 5.22 Å². The Balaban J connectivity index is 2.25. The number of hydrogen-bond acceptors (Lipinski definition) is 3. The van der Waals surface area contributed by atoms with Gasteiger partial charge in [0.1, 0.15) is 0 Å². The van der Waals surface area contributed by atoms with E-state index in [-0.39, 0.29) is 0 Å². The van der Waals surface area contributed by atoms with Crippen LogP contribution in [-0.2, 0) is 10.5 Å². The van der Waals surface area contributed by atoms with Crippen molar-refractivity contribution in [3.8, 4) is 0 Å². The Bertz CT molecular complexity index is 312. The summed E-state index contributed by atoms with van der Waals surface area (Å²) in [7, 11) is 0. The summed E-state index contributed by atoms with van der Waals surface area (Å²) in [5.41, 5.74) is -0.521. The molecular formula is C9H12ClNO2. The number of hydrogen-bond donors (Lipinski definition) is 1. The lowest BCUT2D eigenvalue weighted by Crippen LogP contribution is -2.37. The van der Waals surface area contributed by atoms with Gasteiger partial charge in [-0.1, -0.05) is 0 Å². The molecule has 1 fully saturated rings. The molecule has 1 aromatic rings. The zero-order valence-electron chi connectivity index (χ0n) is 7.63. The van der Waals surface area contributed by atoms with Gasteiger partial charge in [0.15, 0.2) is 16.7 Å². The molecule has 1 N–H and O–H groups in total. The van der Waals surface area contributed by atoms with E-state index in [4.69, 9.17) is 20.8 Å². The Morgan fingerprint density at radius 2 is 2.38 bits per heavy atom. The summed E-state index contributed by atoms with van der Waals surface area (Å²) in [5, 5.41) is 3.68. The number of nitrogens with one attached hydrogen (secondary N) is 1. The first-order valence-corrected chi connectivity index (χ1v) is 4.65. The summed E-state index contributed by atoms with van der Waals surface area (Å²) < 4.78 is 10.9. The molecule has 3 nitrogen and oxygen atoms in total. The van der Waals surface area contributed by atoms with Crippen LogP contribution in [0.25, 0.3) is 0 Å². The van der Waals surface area contributed by atoms with Crippen molar-refractivity contribution in [1.29, 1.82) is 0 Å². The Morgan fingerprint density at radius 3 is 2.85 bits per heavy atom. The first-order chi connectivity index (χ1) is 6.10. The van der Waals surface area contributed by atoms with Crippen LogP contribution in [0.15, 0.2) is 16.5 Å². The average molecular weight is 202 g/mol. The SMILES string of the molecule is CC1COC(C)(c2ccc(Cl)o2)N1. The molecule has 2 atom stereocenters. The Kier molecular flexibility index (Phi) is 2.10. The third kappa shape index (κ3) is 1.59. The molecule has 0 saturated carbocycles. The molecular weight excluding hydrogens is 190 g/mol. The van der Waals surface area contributed by atoms with Crippen LogP contribution >= 0.6 is 11.6 Å². The summed E-state index contributed by atoms with van der Waals surface area (Å²) in [4.78, 5) is 0. The minimum Gasteiger partial charge on any atom is -0.445 e. The monoisotopic (exact) mass is 201 g/mol. The molecule has 2 unspecified atom stereocenters. The maximum Gasteiger partial charge on any atom is 0.193 e. The van der Waals surface area contributed by atoms with E-state index in [0.29, 0.717) is 17.9 Å². The van der Waals surface area contributed by atoms with Crippen molar-refractivity contribution in [2.24, 2.45) is 0 Å². The largest absolute Gasteiger partial charge is 0.445 e. The number of ether oxygens (including phenoxy) is 1. The van der Waals surface area contributed by atoms with E-state index in [1.54, 1.807) is 6.07 Å². The zero-order chi connectivity index (χ0) is 9.47. The van der Waals surface area contributed by atoms with Gasteiger partial charge in [-0.05, 0) is 37.6 Å². The van der Waals surface area contributed by atoms with Crippen LogP contribution in [0.4, 0.5) is 0 Å². The van der Waals surface area contributed by atoms with Gasteiger partial charge < -0.3 is 9.15 Å². The standard InChI is InChI=1S/C9H12ClNO2/c1-6-5-12-9(2,11-6)7-3-4-8(10)13-7/h3-4,6,11H,5H2,1-2H3. The van der Waals surface area contributed by atoms with E-state index in [1.807, 2.05) is 13.0 Å². The van der Waals surface area contributed by atoms with Crippen molar-refractivity contribution in [1.82, 2.24) is 5.32 Å². The molecule has 0 spiro atoms. The molecule has 1 aliphatic rings. The van der Waals surface area contributed by atoms with Crippen molar-refractivity contribution >= 4 is 11.6 Å². The Hall–Kier alpha value is -0.510. The van der Waals surface area contributed by atoms with Crippen LogP contribution in [0, 0.1) is 0 Å². The van der Waals surface area contributed by atoms with Crippen molar-refractivity contribution in [2.75, 3.05) is 6.61 Å². The normalized spacial score (nSPS) is 33.9. The van der Waals surface area contributed by atoms with E-state index in [9.17, 15) is 0 Å². The number of rotatable bonds is 1. The van der Waals surface area contributed by atoms with Crippen molar-refractivity contribution in [2.45, 2.75) is 25.6 Å². The molecule has 13 heavy (non-hydrogen) atoms. The third-order valence-corrected chi connectivity index (χ3v) is 2.39. The van der Waals surface area contributed by atoms with Crippen molar-refractivity contribution in [3.63, 3.8) is 0 Å². The number of furan rings is 1. The molecule has 1 saturated heterocycles. The average Bonchev–Trinajstić information content (AvgIpc) is 2.60. The Morgan fingerprint density at radius 1 is 1.62 bits per heavy atom. The predicted molar refractivity (Wildman–Crippen MR) is 49.6 cm³/mol. The first kappa shape index (κ1) is 9.06. The highest BCUT2D eigenvalue weighted by atomic mass is 35.5. The van der Waals surface area contributed by atoms with Gasteiger partial charge in [0.05, 0.1) is 6.61 Å². The second kappa shape index (κ2) is 3.01. The molecule has 1 aliphatic heterocycles. The minimum absolute atomic E-state index is 0.342. The van der Waals surface area contributed by atoms with E-state index in [0.717, 1.165) is 5.76 Å². The van der Waals surface area contributed by atoms with Crippen molar-refractivity contribution < 1.29 is 9.15 Å². The highest BCUT2D eigenvalue weighted by Crippen LogP contribution is 2.30. The molecule has 0 bridgehead atoms. The van der Waals surface area contributed by atoms with Gasteiger partial charge in [0, 0.05) is 6.04 Å². The summed E-state index contributed by atoms with van der Waals surface area (Å²) in [6, 6.07) is 3.89. The molecule has 4 heteroatoms. The van der Waals surface area contributed by atoms with Crippen molar-refractivity contribution in [3.05, 3.63) is 23.1 Å². The van der Waals surface area contributed by atoms with Gasteiger partial charge in [-0.15, -0.1) is 0 Å². The molecule has 72 valence electrons. The molecule has 0 amide bonds. The topological polar surface area (TPSA) is 34.4 Å². The smallest absolute Gasteiger partial charge is 0.193 e. The lowest BCUT2D eigenvalue weighted by Gasteiger charge is -2.20. The van der Waals surface area contributed by atoms with E-state index < -0.39 is 5.72 Å². The Labute approximate surface area is 82.0 Å². The van der Waals surface area contributed by atoms with Crippen LogP contribution in [0.1, 0.15) is 19.6 Å². The van der Waals surface area contributed by atoms with Gasteiger partial charge in [0.25, 0.3) is 0 Å². The minimum atomic E-state index is -0.521. The van der Waals surface area contributed by atoms with Gasteiger partial charge in [-0.2, -0.15) is 0 Å². The maximum absolute atomic E-state index is 5.69. The maximum atomic E-state index is 5.69. The molecule has 2 heterocycles. The predicted octanol–water partition coefficient (Wildman–Crippen LogP) is 2.11. The van der Waals surface area contributed by atoms with E-state index in [1.165, 1.54) is 0 Å². The van der Waals surface area contributed by atoms with Crippen LogP contribution < -0.4 is 5.32 Å². The third-order valence-electron chi connectivity index (χ3n) is 2.19. The molecule has 1 aromatic heterocycles. The van der Waals surface area contributed by atoms with E-state index in [2.05, 4.69) is 12.2 Å². The summed E-state index contributed by atoms with van der Waals surface area (Å²) in [6.45, 7) is 4.69. The fourth-order valence-corrected chi connectivity index (χ4v) is 1.70. The molecule has 0 radical (unpaired) electrons. The van der Waals surface area contributed by atoms with Crippen LogP contribution in [0.5, 0.6) is 0 Å². The van der Waals surface area contributed by atoms with Crippen LogP contribution in [-0.4, -0.2) is 12.6 Å². The fraction of sp³-hybridized carbons (Fsp3) is 0.556. The lowest BCUT2D eigenvalue weighted by atomic mass is 10.2. The van der Waals surface area contributed by atoms with Crippen LogP contribution in [0.3, 0.4) is 0 Å². The van der Waals surface area contributed by atoms with E-state index >= 15 is 0 Å². The highest BCUT2D eigenvalue weighted by Gasteiger charge is 2.37. The summed E-state index contributed by atoms with van der Waals surface area (Å²) in [6.07, 6.45) is 0. The first-order valence-electron chi connectivity index (χ1n) is 4.27. The van der Waals surface area contributed by atoms with Gasteiger partial charge in [-0.3, -0.25) is 5.32 Å². The quantitative estimate of drug-likeness (QED) is 0.756. The molecule has 2 rings (SSSR count).